The van der Waals surface area contributed by atoms with Crippen LogP contribution < -0.4 is 5.73 Å². The van der Waals surface area contributed by atoms with Gasteiger partial charge < -0.3 is 15.8 Å². The third-order valence-electron chi connectivity index (χ3n) is 2.56. The summed E-state index contributed by atoms with van der Waals surface area (Å²) in [6.07, 6.45) is 2.90. The van der Waals surface area contributed by atoms with Crippen LogP contribution in [-0.4, -0.2) is 34.4 Å². The van der Waals surface area contributed by atoms with Gasteiger partial charge in [0.15, 0.2) is 5.84 Å². The Morgan fingerprint density at radius 3 is 2.60 bits per heavy atom. The van der Waals surface area contributed by atoms with Gasteiger partial charge in [0.05, 0.1) is 6.54 Å². The fourth-order valence-electron chi connectivity index (χ4n) is 1.45. The number of oxime groups is 1. The molecule has 1 rings (SSSR count). The summed E-state index contributed by atoms with van der Waals surface area (Å²) in [6.45, 7) is 4.06. The molecule has 1 aliphatic carbocycles. The zero-order valence-electron chi connectivity index (χ0n) is 9.31. The van der Waals surface area contributed by atoms with Gasteiger partial charge in [0.2, 0.25) is 5.91 Å². The van der Waals surface area contributed by atoms with E-state index in [1.807, 2.05) is 13.8 Å². The van der Waals surface area contributed by atoms with Crippen LogP contribution in [-0.2, 0) is 4.79 Å². The molecule has 0 saturated heterocycles. The predicted octanol–water partition coefficient (Wildman–Crippen LogP) is 0.770. The topological polar surface area (TPSA) is 78.9 Å². The minimum Gasteiger partial charge on any atom is -0.409 e. The Balaban J connectivity index is 2.51. The van der Waals surface area contributed by atoms with Crippen molar-refractivity contribution in [2.24, 2.45) is 16.8 Å². The fourth-order valence-corrected chi connectivity index (χ4v) is 1.45. The Morgan fingerprint density at radius 1 is 1.60 bits per heavy atom. The second kappa shape index (κ2) is 5.00. The summed E-state index contributed by atoms with van der Waals surface area (Å²) in [4.78, 5) is 13.5. The smallest absolute Gasteiger partial charge is 0.223 e. The van der Waals surface area contributed by atoms with E-state index < -0.39 is 0 Å². The molecule has 1 saturated carbocycles. The molecule has 15 heavy (non-hydrogen) atoms. The number of nitrogens with two attached hydrogens (primary N) is 1. The quantitative estimate of drug-likeness (QED) is 0.306. The SMILES string of the molecule is CC(C)N(CC(N)=NO)C(=O)CC1CC1. The summed E-state index contributed by atoms with van der Waals surface area (Å²) in [5.74, 6) is 0.734. The third kappa shape index (κ3) is 3.77. The molecule has 0 aromatic rings. The van der Waals surface area contributed by atoms with E-state index in [9.17, 15) is 4.79 Å². The number of carbonyl (C=O) groups excluding carboxylic acids is 1. The average molecular weight is 213 g/mol. The second-order valence-corrected chi connectivity index (χ2v) is 4.35. The summed E-state index contributed by atoms with van der Waals surface area (Å²) < 4.78 is 0. The molecule has 0 radical (unpaired) electrons. The maximum Gasteiger partial charge on any atom is 0.223 e. The number of carbonyl (C=O) groups is 1. The maximum absolute atomic E-state index is 11.8. The van der Waals surface area contributed by atoms with Crippen molar-refractivity contribution in [1.82, 2.24) is 4.90 Å². The number of hydrogen-bond acceptors (Lipinski definition) is 3. The molecule has 1 fully saturated rings. The maximum atomic E-state index is 11.8. The van der Waals surface area contributed by atoms with Crippen molar-refractivity contribution in [2.75, 3.05) is 6.54 Å². The lowest BCUT2D eigenvalue weighted by molar-refractivity contribution is -0.132. The molecule has 86 valence electrons. The molecule has 1 aliphatic rings. The van der Waals surface area contributed by atoms with E-state index in [1.54, 1.807) is 4.90 Å². The van der Waals surface area contributed by atoms with Crippen LogP contribution in [0.1, 0.15) is 33.1 Å². The van der Waals surface area contributed by atoms with E-state index in [4.69, 9.17) is 10.9 Å². The Hall–Kier alpha value is -1.26. The van der Waals surface area contributed by atoms with Gasteiger partial charge in [-0.15, -0.1) is 0 Å². The van der Waals surface area contributed by atoms with E-state index >= 15 is 0 Å². The summed E-state index contributed by atoms with van der Waals surface area (Å²) in [6, 6.07) is 0.0801. The van der Waals surface area contributed by atoms with Crippen molar-refractivity contribution in [2.45, 2.75) is 39.2 Å². The second-order valence-electron chi connectivity index (χ2n) is 4.35. The minimum atomic E-state index is 0.0767. The number of hydrogen-bond donors (Lipinski definition) is 2. The van der Waals surface area contributed by atoms with Crippen LogP contribution in [0.5, 0.6) is 0 Å². The molecule has 0 unspecified atom stereocenters. The number of amidine groups is 1. The highest BCUT2D eigenvalue weighted by molar-refractivity contribution is 5.87. The molecule has 0 spiro atoms. The minimum absolute atomic E-state index is 0.0767. The van der Waals surface area contributed by atoms with Gasteiger partial charge in [-0.25, -0.2) is 0 Å². The first-order valence-electron chi connectivity index (χ1n) is 5.30. The van der Waals surface area contributed by atoms with Crippen LogP contribution in [0.3, 0.4) is 0 Å². The molecule has 0 aromatic carbocycles. The monoisotopic (exact) mass is 213 g/mol. The van der Waals surface area contributed by atoms with Crippen LogP contribution in [0.15, 0.2) is 5.16 Å². The zero-order valence-corrected chi connectivity index (χ0v) is 9.31. The molecular formula is C10H19N3O2. The Labute approximate surface area is 89.9 Å². The lowest BCUT2D eigenvalue weighted by Crippen LogP contribution is -2.43. The van der Waals surface area contributed by atoms with Crippen molar-refractivity contribution in [3.05, 3.63) is 0 Å². The van der Waals surface area contributed by atoms with Crippen LogP contribution in [0.25, 0.3) is 0 Å². The van der Waals surface area contributed by atoms with E-state index in [0.29, 0.717) is 12.3 Å². The first-order valence-corrected chi connectivity index (χ1v) is 5.30. The lowest BCUT2D eigenvalue weighted by atomic mass is 10.2. The van der Waals surface area contributed by atoms with Crippen molar-refractivity contribution in [3.8, 4) is 0 Å². The molecule has 0 bridgehead atoms. The molecule has 0 heterocycles. The van der Waals surface area contributed by atoms with Gasteiger partial charge in [-0.1, -0.05) is 5.16 Å². The van der Waals surface area contributed by atoms with Crippen molar-refractivity contribution >= 4 is 11.7 Å². The molecular weight excluding hydrogens is 194 g/mol. The van der Waals surface area contributed by atoms with Gasteiger partial charge in [-0.2, -0.15) is 0 Å². The van der Waals surface area contributed by atoms with Gasteiger partial charge in [0.1, 0.15) is 0 Å². The van der Waals surface area contributed by atoms with Crippen molar-refractivity contribution in [1.29, 1.82) is 0 Å². The molecule has 0 aromatic heterocycles. The van der Waals surface area contributed by atoms with Crippen LogP contribution in [0, 0.1) is 5.92 Å². The summed E-state index contributed by atoms with van der Waals surface area (Å²) in [7, 11) is 0. The van der Waals surface area contributed by atoms with Gasteiger partial charge in [-0.05, 0) is 32.6 Å². The molecule has 5 nitrogen and oxygen atoms in total. The number of amides is 1. The molecule has 1 amide bonds. The van der Waals surface area contributed by atoms with Gasteiger partial charge in [0.25, 0.3) is 0 Å². The van der Waals surface area contributed by atoms with Crippen molar-refractivity contribution < 1.29 is 10.0 Å². The zero-order chi connectivity index (χ0) is 11.4. The standard InChI is InChI=1S/C10H19N3O2/c1-7(2)13(6-9(11)12-15)10(14)5-8-3-4-8/h7-8,15H,3-6H2,1-2H3,(H2,11,12). The fraction of sp³-hybridized carbons (Fsp3) is 0.800. The predicted molar refractivity (Wildman–Crippen MR) is 57.6 cm³/mol. The lowest BCUT2D eigenvalue weighted by Gasteiger charge is -2.26. The van der Waals surface area contributed by atoms with Crippen LogP contribution in [0.4, 0.5) is 0 Å². The summed E-state index contributed by atoms with van der Waals surface area (Å²) >= 11 is 0. The van der Waals surface area contributed by atoms with Gasteiger partial charge in [-0.3, -0.25) is 4.79 Å². The Morgan fingerprint density at radius 2 is 2.20 bits per heavy atom. The normalized spacial score (nSPS) is 16.9. The van der Waals surface area contributed by atoms with Gasteiger partial charge >= 0.3 is 0 Å². The molecule has 5 heteroatoms. The average Bonchev–Trinajstić information content (AvgIpc) is 2.96. The first kappa shape index (κ1) is 11.8. The third-order valence-corrected chi connectivity index (χ3v) is 2.56. The number of nitrogens with zero attached hydrogens (tertiary/aromatic N) is 2. The number of rotatable bonds is 5. The molecule has 3 N–H and O–H groups in total. The highest BCUT2D eigenvalue weighted by Gasteiger charge is 2.28. The first-order chi connectivity index (χ1) is 7.04. The van der Waals surface area contributed by atoms with E-state index in [1.165, 1.54) is 0 Å². The Kier molecular flexibility index (Phi) is 3.94. The van der Waals surface area contributed by atoms with E-state index in [-0.39, 0.29) is 24.3 Å². The summed E-state index contributed by atoms with van der Waals surface area (Å²) in [5.41, 5.74) is 5.40. The molecule has 0 aliphatic heterocycles. The van der Waals surface area contributed by atoms with Crippen LogP contribution in [0.2, 0.25) is 0 Å². The largest absolute Gasteiger partial charge is 0.409 e. The van der Waals surface area contributed by atoms with Crippen LogP contribution >= 0.6 is 0 Å². The Bertz CT molecular complexity index is 259. The summed E-state index contributed by atoms with van der Waals surface area (Å²) in [5, 5.41) is 11.4. The van der Waals surface area contributed by atoms with Gasteiger partial charge in [0, 0.05) is 12.5 Å². The highest BCUT2D eigenvalue weighted by Crippen LogP contribution is 2.33. The highest BCUT2D eigenvalue weighted by atomic mass is 16.4. The van der Waals surface area contributed by atoms with Crippen molar-refractivity contribution in [3.63, 3.8) is 0 Å². The van der Waals surface area contributed by atoms with E-state index in [0.717, 1.165) is 12.8 Å². The van der Waals surface area contributed by atoms with E-state index in [2.05, 4.69) is 5.16 Å². The molecule has 0 atom stereocenters.